The molecule has 7 heteroatoms. The van der Waals surface area contributed by atoms with Gasteiger partial charge in [0.05, 0.1) is 22.0 Å². The van der Waals surface area contributed by atoms with Gasteiger partial charge in [-0.2, -0.15) is 12.6 Å². The molecule has 0 unspecified atom stereocenters. The summed E-state index contributed by atoms with van der Waals surface area (Å²) in [7, 11) is 0. The quantitative estimate of drug-likeness (QED) is 0.290. The Morgan fingerprint density at radius 1 is 1.19 bits per heavy atom. The van der Waals surface area contributed by atoms with Crippen LogP contribution in [-0.2, 0) is 12.0 Å². The number of thiol groups is 1. The Hall–Kier alpha value is -2.12. The van der Waals surface area contributed by atoms with E-state index in [0.717, 1.165) is 42.7 Å². The second-order valence-corrected chi connectivity index (χ2v) is 10.8. The number of thiophene rings is 1. The minimum absolute atomic E-state index is 0.467. The molecule has 1 fully saturated rings. The van der Waals surface area contributed by atoms with Gasteiger partial charge in [-0.3, -0.25) is 4.98 Å². The summed E-state index contributed by atoms with van der Waals surface area (Å²) >= 11 is 12.1. The van der Waals surface area contributed by atoms with Gasteiger partial charge < -0.3 is 10.8 Å². The number of pyridine rings is 2. The van der Waals surface area contributed by atoms with Crippen LogP contribution in [0.1, 0.15) is 42.8 Å². The van der Waals surface area contributed by atoms with Crippen LogP contribution in [0.3, 0.4) is 0 Å². The maximum atomic E-state index is 10.3. The van der Waals surface area contributed by atoms with Crippen LogP contribution in [0.25, 0.3) is 21.3 Å². The van der Waals surface area contributed by atoms with E-state index in [1.807, 2.05) is 18.2 Å². The Bertz CT molecular complexity index is 1250. The van der Waals surface area contributed by atoms with Crippen LogP contribution in [0.15, 0.2) is 54.7 Å². The minimum Gasteiger partial charge on any atom is -0.386 e. The van der Waals surface area contributed by atoms with Crippen molar-refractivity contribution in [2.75, 3.05) is 5.73 Å². The van der Waals surface area contributed by atoms with Crippen LogP contribution >= 0.6 is 35.6 Å². The fraction of sp³-hybridized carbons (Fsp3) is 0.280. The van der Waals surface area contributed by atoms with E-state index in [9.17, 15) is 5.11 Å². The number of benzene rings is 1. The van der Waals surface area contributed by atoms with Gasteiger partial charge >= 0.3 is 0 Å². The molecule has 3 heterocycles. The van der Waals surface area contributed by atoms with Crippen molar-refractivity contribution in [1.82, 2.24) is 9.97 Å². The van der Waals surface area contributed by atoms with Gasteiger partial charge in [0.15, 0.2) is 0 Å². The molecule has 1 aliphatic carbocycles. The molecule has 4 aromatic rings. The Labute approximate surface area is 202 Å². The molecule has 5 rings (SSSR count). The number of aliphatic hydroxyl groups is 1. The van der Waals surface area contributed by atoms with Gasteiger partial charge in [0.25, 0.3) is 0 Å². The molecular weight excluding hydrogens is 458 g/mol. The van der Waals surface area contributed by atoms with Gasteiger partial charge in [0.2, 0.25) is 0 Å². The molecule has 0 radical (unpaired) electrons. The predicted octanol–water partition coefficient (Wildman–Crippen LogP) is 6.49. The number of nitrogens with two attached hydrogens (primary N) is 1. The number of nitrogens with zero attached hydrogens (tertiary/aromatic N) is 2. The number of nitrogen functional groups attached to an aromatic ring is 1. The number of rotatable bonds is 4. The summed E-state index contributed by atoms with van der Waals surface area (Å²) in [5.74, 6) is 0.467. The van der Waals surface area contributed by atoms with E-state index in [4.69, 9.17) is 17.3 Å². The second kappa shape index (κ2) is 9.40. The summed E-state index contributed by atoms with van der Waals surface area (Å²) in [6.45, 7) is 3.55. The highest BCUT2D eigenvalue weighted by molar-refractivity contribution is 7.81. The van der Waals surface area contributed by atoms with Crippen molar-refractivity contribution in [3.8, 4) is 11.3 Å². The lowest BCUT2D eigenvalue weighted by Crippen LogP contribution is -2.15. The van der Waals surface area contributed by atoms with Gasteiger partial charge in [-0.25, -0.2) is 4.98 Å². The maximum Gasteiger partial charge on any atom is 0.123 e. The molecule has 0 spiro atoms. The number of anilines is 1. The summed E-state index contributed by atoms with van der Waals surface area (Å²) in [5.41, 5.74) is 8.40. The molecule has 0 aliphatic heterocycles. The molecule has 32 heavy (non-hydrogen) atoms. The lowest BCUT2D eigenvalue weighted by Gasteiger charge is -2.18. The van der Waals surface area contributed by atoms with Crippen molar-refractivity contribution >= 4 is 51.5 Å². The minimum atomic E-state index is -0.915. The first-order chi connectivity index (χ1) is 15.2. The third-order valence-corrected chi connectivity index (χ3v) is 7.21. The van der Waals surface area contributed by atoms with E-state index >= 15 is 0 Å². The van der Waals surface area contributed by atoms with Crippen molar-refractivity contribution in [2.24, 2.45) is 0 Å². The Morgan fingerprint density at radius 2 is 1.94 bits per heavy atom. The Morgan fingerprint density at radius 3 is 2.62 bits per heavy atom. The summed E-state index contributed by atoms with van der Waals surface area (Å²) in [5, 5.41) is 12.9. The van der Waals surface area contributed by atoms with E-state index in [-0.39, 0.29) is 0 Å². The molecule has 1 aromatic carbocycles. The monoisotopic (exact) mass is 483 g/mol. The van der Waals surface area contributed by atoms with Gasteiger partial charge in [0.1, 0.15) is 5.82 Å². The summed E-state index contributed by atoms with van der Waals surface area (Å²) < 4.78 is 1.15. The van der Waals surface area contributed by atoms with Crippen molar-refractivity contribution in [3.63, 3.8) is 0 Å². The standard InChI is InChI=1S/C22H20ClN3OS.C3H6S/c1-22(2,27)14-8-9-25-18(11-14)16-5-3-4-13-10-15(28-21(13)16)12-19-17(23)6-7-20(24)26-19;4-3-1-2-3/h3-11,27H,12H2,1-2H3,(H2,24,26);3-4H,1-2H2. The van der Waals surface area contributed by atoms with Gasteiger partial charge in [-0.1, -0.05) is 29.8 Å². The Kier molecular flexibility index (Phi) is 6.77. The van der Waals surface area contributed by atoms with Crippen molar-refractivity contribution in [1.29, 1.82) is 0 Å². The molecule has 0 amide bonds. The molecule has 0 bridgehead atoms. The van der Waals surface area contributed by atoms with Crippen molar-refractivity contribution in [3.05, 3.63) is 75.9 Å². The highest BCUT2D eigenvalue weighted by Crippen LogP contribution is 2.36. The van der Waals surface area contributed by atoms with Gasteiger partial charge in [0, 0.05) is 33.0 Å². The zero-order valence-electron chi connectivity index (χ0n) is 18.0. The number of hydrogen-bond donors (Lipinski definition) is 3. The maximum absolute atomic E-state index is 10.3. The summed E-state index contributed by atoms with van der Waals surface area (Å²) in [6, 6.07) is 15.6. The average Bonchev–Trinajstić information content (AvgIpc) is 3.42. The number of aromatic nitrogens is 2. The van der Waals surface area contributed by atoms with E-state index < -0.39 is 5.60 Å². The van der Waals surface area contributed by atoms with Gasteiger partial charge in [-0.15, -0.1) is 11.3 Å². The first-order valence-corrected chi connectivity index (χ1v) is 12.2. The third kappa shape index (κ3) is 5.62. The van der Waals surface area contributed by atoms with Crippen molar-refractivity contribution in [2.45, 2.75) is 44.0 Å². The van der Waals surface area contributed by atoms with Crippen LogP contribution in [-0.4, -0.2) is 20.3 Å². The molecule has 0 atom stereocenters. The van der Waals surface area contributed by atoms with Gasteiger partial charge in [-0.05, 0) is 68.0 Å². The SMILES string of the molecule is CC(C)(O)c1ccnc(-c2cccc3cc(Cc4nc(N)ccc4Cl)sc23)c1.SC1CC1. The van der Waals surface area contributed by atoms with Crippen LogP contribution in [0.5, 0.6) is 0 Å². The van der Waals surface area contributed by atoms with Crippen LogP contribution < -0.4 is 5.73 Å². The summed E-state index contributed by atoms with van der Waals surface area (Å²) in [4.78, 5) is 10.1. The normalized spacial score (nSPS) is 13.7. The molecule has 0 saturated heterocycles. The molecule has 3 aromatic heterocycles. The molecule has 3 N–H and O–H groups in total. The molecule has 1 aliphatic rings. The third-order valence-electron chi connectivity index (χ3n) is 5.17. The lowest BCUT2D eigenvalue weighted by atomic mass is 9.97. The molecule has 1 saturated carbocycles. The first kappa shape index (κ1) is 23.1. The average molecular weight is 484 g/mol. The van der Waals surface area contributed by atoms with E-state index in [0.29, 0.717) is 17.3 Å². The van der Waals surface area contributed by atoms with Crippen LogP contribution in [0.4, 0.5) is 5.82 Å². The molecular formula is C25H26ClN3OS2. The van der Waals surface area contributed by atoms with Crippen LogP contribution in [0, 0.1) is 0 Å². The van der Waals surface area contributed by atoms with Crippen molar-refractivity contribution < 1.29 is 5.11 Å². The highest BCUT2D eigenvalue weighted by Gasteiger charge is 2.18. The number of hydrogen-bond acceptors (Lipinski definition) is 6. The molecule has 4 nitrogen and oxygen atoms in total. The first-order valence-electron chi connectivity index (χ1n) is 10.5. The fourth-order valence-electron chi connectivity index (χ4n) is 3.23. The van der Waals surface area contributed by atoms with Crippen LogP contribution in [0.2, 0.25) is 5.02 Å². The van der Waals surface area contributed by atoms with E-state index in [2.05, 4.69) is 40.8 Å². The Balaban J connectivity index is 0.000000552. The molecule has 166 valence electrons. The predicted molar refractivity (Wildman–Crippen MR) is 139 cm³/mol. The zero-order chi connectivity index (χ0) is 22.9. The largest absolute Gasteiger partial charge is 0.386 e. The zero-order valence-corrected chi connectivity index (χ0v) is 20.5. The summed E-state index contributed by atoms with van der Waals surface area (Å²) in [6.07, 6.45) is 5.07. The second-order valence-electron chi connectivity index (χ2n) is 8.50. The smallest absolute Gasteiger partial charge is 0.123 e. The fourth-order valence-corrected chi connectivity index (χ4v) is 4.73. The lowest BCUT2D eigenvalue weighted by molar-refractivity contribution is 0.0785. The number of fused-ring (bicyclic) bond motifs is 1. The highest BCUT2D eigenvalue weighted by atomic mass is 35.5. The number of halogens is 1. The van der Waals surface area contributed by atoms with E-state index in [1.54, 1.807) is 43.5 Å². The topological polar surface area (TPSA) is 72.0 Å². The van der Waals surface area contributed by atoms with E-state index in [1.165, 1.54) is 12.8 Å².